The first-order chi connectivity index (χ1) is 8.18. The molecule has 1 aliphatic carbocycles. The summed E-state index contributed by atoms with van der Waals surface area (Å²) in [6.07, 6.45) is 6.26. The van der Waals surface area contributed by atoms with E-state index in [9.17, 15) is 9.50 Å². The van der Waals surface area contributed by atoms with E-state index < -0.39 is 6.10 Å². The summed E-state index contributed by atoms with van der Waals surface area (Å²) >= 11 is 0. The molecule has 94 valence electrons. The first-order valence-electron chi connectivity index (χ1n) is 6.61. The average Bonchev–Trinajstić information content (AvgIpc) is 2.34. The highest BCUT2D eigenvalue weighted by molar-refractivity contribution is 5.26. The van der Waals surface area contributed by atoms with Gasteiger partial charge in [0, 0.05) is 5.56 Å². The van der Waals surface area contributed by atoms with Crippen LogP contribution in [0.1, 0.15) is 55.8 Å². The summed E-state index contributed by atoms with van der Waals surface area (Å²) in [6, 6.07) is 5.26. The summed E-state index contributed by atoms with van der Waals surface area (Å²) in [4.78, 5) is 0. The van der Waals surface area contributed by atoms with E-state index in [0.29, 0.717) is 23.5 Å². The van der Waals surface area contributed by atoms with Gasteiger partial charge in [-0.15, -0.1) is 0 Å². The van der Waals surface area contributed by atoms with Crippen molar-refractivity contribution < 1.29 is 9.50 Å². The van der Waals surface area contributed by atoms with Gasteiger partial charge in [0.1, 0.15) is 5.82 Å². The lowest BCUT2D eigenvalue weighted by Gasteiger charge is -2.24. The first-order valence-corrected chi connectivity index (χ1v) is 6.61. The van der Waals surface area contributed by atoms with Crippen LogP contribution in [0.2, 0.25) is 0 Å². The highest BCUT2D eigenvalue weighted by Gasteiger charge is 2.20. The van der Waals surface area contributed by atoms with Crippen LogP contribution in [-0.4, -0.2) is 5.11 Å². The SMILES string of the molecule is Cc1cccc(C(O)CC2CCCCC2)c1F. The largest absolute Gasteiger partial charge is 0.388 e. The van der Waals surface area contributed by atoms with E-state index in [4.69, 9.17) is 0 Å². The molecule has 1 aliphatic rings. The van der Waals surface area contributed by atoms with Crippen molar-refractivity contribution in [3.05, 3.63) is 35.1 Å². The number of hydrogen-bond donors (Lipinski definition) is 1. The number of aliphatic hydroxyl groups excluding tert-OH is 1. The van der Waals surface area contributed by atoms with Gasteiger partial charge in [0.05, 0.1) is 6.10 Å². The molecule has 1 fully saturated rings. The van der Waals surface area contributed by atoms with Crippen molar-refractivity contribution >= 4 is 0 Å². The van der Waals surface area contributed by atoms with E-state index in [1.165, 1.54) is 32.1 Å². The van der Waals surface area contributed by atoms with Crippen LogP contribution < -0.4 is 0 Å². The third-order valence-corrected chi connectivity index (χ3v) is 3.86. The molecule has 1 atom stereocenters. The molecule has 1 saturated carbocycles. The maximum absolute atomic E-state index is 13.8. The number of benzene rings is 1. The molecule has 2 heteroatoms. The van der Waals surface area contributed by atoms with Crippen LogP contribution in [-0.2, 0) is 0 Å². The van der Waals surface area contributed by atoms with Gasteiger partial charge in [0.2, 0.25) is 0 Å². The smallest absolute Gasteiger partial charge is 0.131 e. The van der Waals surface area contributed by atoms with Gasteiger partial charge in [-0.1, -0.05) is 50.3 Å². The van der Waals surface area contributed by atoms with Gasteiger partial charge in [0.25, 0.3) is 0 Å². The Labute approximate surface area is 103 Å². The van der Waals surface area contributed by atoms with Crippen molar-refractivity contribution in [3.8, 4) is 0 Å². The van der Waals surface area contributed by atoms with Crippen LogP contribution in [0.5, 0.6) is 0 Å². The minimum Gasteiger partial charge on any atom is -0.388 e. The van der Waals surface area contributed by atoms with E-state index in [1.54, 1.807) is 19.1 Å². The number of rotatable bonds is 3. The molecule has 0 bridgehead atoms. The molecular formula is C15H21FO. The molecule has 0 saturated heterocycles. The third-order valence-electron chi connectivity index (χ3n) is 3.86. The summed E-state index contributed by atoms with van der Waals surface area (Å²) in [6.45, 7) is 1.74. The minimum atomic E-state index is -0.641. The Morgan fingerprint density at radius 2 is 2.00 bits per heavy atom. The fraction of sp³-hybridized carbons (Fsp3) is 0.600. The lowest BCUT2D eigenvalue weighted by atomic mass is 9.84. The molecule has 1 aromatic carbocycles. The van der Waals surface area contributed by atoms with Gasteiger partial charge >= 0.3 is 0 Å². The average molecular weight is 236 g/mol. The molecule has 0 radical (unpaired) electrons. The number of hydrogen-bond acceptors (Lipinski definition) is 1. The van der Waals surface area contributed by atoms with Crippen LogP contribution in [0.4, 0.5) is 4.39 Å². The maximum atomic E-state index is 13.8. The predicted molar refractivity (Wildman–Crippen MR) is 67.3 cm³/mol. The molecule has 1 N–H and O–H groups in total. The van der Waals surface area contributed by atoms with Gasteiger partial charge in [0.15, 0.2) is 0 Å². The summed E-state index contributed by atoms with van der Waals surface area (Å²) < 4.78 is 13.8. The van der Waals surface area contributed by atoms with Crippen LogP contribution >= 0.6 is 0 Å². The van der Waals surface area contributed by atoms with Crippen molar-refractivity contribution in [2.75, 3.05) is 0 Å². The molecule has 1 unspecified atom stereocenters. The van der Waals surface area contributed by atoms with E-state index >= 15 is 0 Å². The third kappa shape index (κ3) is 3.06. The molecule has 1 aromatic rings. The monoisotopic (exact) mass is 236 g/mol. The van der Waals surface area contributed by atoms with E-state index in [1.807, 2.05) is 6.07 Å². The van der Waals surface area contributed by atoms with Crippen LogP contribution in [0, 0.1) is 18.7 Å². The Morgan fingerprint density at radius 1 is 1.29 bits per heavy atom. The normalized spacial score (nSPS) is 19.2. The van der Waals surface area contributed by atoms with E-state index in [2.05, 4.69) is 0 Å². The minimum absolute atomic E-state index is 0.240. The van der Waals surface area contributed by atoms with Crippen molar-refractivity contribution in [1.29, 1.82) is 0 Å². The summed E-state index contributed by atoms with van der Waals surface area (Å²) in [5, 5.41) is 10.1. The Hall–Kier alpha value is -0.890. The quantitative estimate of drug-likeness (QED) is 0.836. The highest BCUT2D eigenvalue weighted by Crippen LogP contribution is 2.32. The lowest BCUT2D eigenvalue weighted by molar-refractivity contribution is 0.127. The highest BCUT2D eigenvalue weighted by atomic mass is 19.1. The van der Waals surface area contributed by atoms with Crippen molar-refractivity contribution in [2.45, 2.75) is 51.6 Å². The number of aliphatic hydroxyl groups is 1. The predicted octanol–water partition coefficient (Wildman–Crippen LogP) is 4.14. The zero-order chi connectivity index (χ0) is 12.3. The second kappa shape index (κ2) is 5.63. The molecular weight excluding hydrogens is 215 g/mol. The molecule has 0 aromatic heterocycles. The fourth-order valence-corrected chi connectivity index (χ4v) is 2.79. The summed E-state index contributed by atoms with van der Waals surface area (Å²) in [5.41, 5.74) is 1.08. The fourth-order valence-electron chi connectivity index (χ4n) is 2.79. The number of halogens is 1. The Kier molecular flexibility index (Phi) is 4.16. The molecule has 0 amide bonds. The molecule has 0 aliphatic heterocycles. The van der Waals surface area contributed by atoms with E-state index in [0.717, 1.165) is 0 Å². The van der Waals surface area contributed by atoms with Crippen molar-refractivity contribution in [3.63, 3.8) is 0 Å². The van der Waals surface area contributed by atoms with Gasteiger partial charge < -0.3 is 5.11 Å². The molecule has 0 heterocycles. The van der Waals surface area contributed by atoms with Crippen LogP contribution in [0.25, 0.3) is 0 Å². The van der Waals surface area contributed by atoms with Crippen LogP contribution in [0.15, 0.2) is 18.2 Å². The summed E-state index contributed by atoms with van der Waals surface area (Å²) in [7, 11) is 0. The maximum Gasteiger partial charge on any atom is 0.131 e. The second-order valence-corrected chi connectivity index (χ2v) is 5.23. The summed E-state index contributed by atoms with van der Waals surface area (Å²) in [5.74, 6) is 0.328. The molecule has 17 heavy (non-hydrogen) atoms. The van der Waals surface area contributed by atoms with Gasteiger partial charge in [-0.3, -0.25) is 0 Å². The van der Waals surface area contributed by atoms with E-state index in [-0.39, 0.29) is 5.82 Å². The second-order valence-electron chi connectivity index (χ2n) is 5.23. The topological polar surface area (TPSA) is 20.2 Å². The Morgan fingerprint density at radius 3 is 2.71 bits per heavy atom. The van der Waals surface area contributed by atoms with Gasteiger partial charge in [-0.2, -0.15) is 0 Å². The molecule has 2 rings (SSSR count). The zero-order valence-corrected chi connectivity index (χ0v) is 10.5. The Bertz CT molecular complexity index is 369. The van der Waals surface area contributed by atoms with Crippen LogP contribution in [0.3, 0.4) is 0 Å². The van der Waals surface area contributed by atoms with Gasteiger partial charge in [-0.05, 0) is 24.8 Å². The standard InChI is InChI=1S/C15H21FO/c1-11-6-5-9-13(15(11)16)14(17)10-12-7-3-2-4-8-12/h5-6,9,12,14,17H,2-4,7-8,10H2,1H3. The number of aryl methyl sites for hydroxylation is 1. The lowest BCUT2D eigenvalue weighted by Crippen LogP contribution is -2.12. The first kappa shape index (κ1) is 12.6. The van der Waals surface area contributed by atoms with Crippen molar-refractivity contribution in [1.82, 2.24) is 0 Å². The molecule has 1 nitrogen and oxygen atoms in total. The zero-order valence-electron chi connectivity index (χ0n) is 10.5. The molecule has 0 spiro atoms. The van der Waals surface area contributed by atoms with Crippen molar-refractivity contribution in [2.24, 2.45) is 5.92 Å². The van der Waals surface area contributed by atoms with Gasteiger partial charge in [-0.25, -0.2) is 4.39 Å². The Balaban J connectivity index is 2.03.